The van der Waals surface area contributed by atoms with Crippen LogP contribution >= 0.6 is 0 Å². The number of hydrogen-bond acceptors (Lipinski definition) is 4. The molecule has 0 aliphatic carbocycles. The molecule has 0 fully saturated rings. The molecule has 3 rings (SSSR count). The van der Waals surface area contributed by atoms with Crippen molar-refractivity contribution in [2.45, 2.75) is 18.8 Å². The molecule has 2 aromatic carbocycles. The Morgan fingerprint density at radius 2 is 1.77 bits per heavy atom. The van der Waals surface area contributed by atoms with E-state index >= 15 is 0 Å². The zero-order chi connectivity index (χ0) is 18.7. The summed E-state index contributed by atoms with van der Waals surface area (Å²) >= 11 is 0. The van der Waals surface area contributed by atoms with Crippen LogP contribution in [0.1, 0.15) is 23.5 Å². The van der Waals surface area contributed by atoms with Crippen LogP contribution in [0.3, 0.4) is 0 Å². The fraction of sp³-hybridized carbons (Fsp3) is 0.300. The van der Waals surface area contributed by atoms with Gasteiger partial charge in [-0.3, -0.25) is 9.59 Å². The summed E-state index contributed by atoms with van der Waals surface area (Å²) < 4.78 is 10.5. The molecule has 0 spiro atoms. The van der Waals surface area contributed by atoms with E-state index in [4.69, 9.17) is 9.47 Å². The fourth-order valence-electron chi connectivity index (χ4n) is 3.25. The second-order valence-corrected chi connectivity index (χ2v) is 6.17. The Balaban J connectivity index is 1.74. The highest BCUT2D eigenvalue weighted by Crippen LogP contribution is 2.36. The number of carboxylic acid groups (broad SMARTS) is 1. The number of amides is 1. The van der Waals surface area contributed by atoms with Crippen molar-refractivity contribution in [3.63, 3.8) is 0 Å². The first-order valence-corrected chi connectivity index (χ1v) is 8.37. The van der Waals surface area contributed by atoms with Crippen molar-refractivity contribution in [1.29, 1.82) is 0 Å². The lowest BCUT2D eigenvalue weighted by Gasteiger charge is -2.17. The first-order chi connectivity index (χ1) is 12.5. The molecule has 26 heavy (non-hydrogen) atoms. The summed E-state index contributed by atoms with van der Waals surface area (Å²) in [5, 5.41) is 9.42. The Morgan fingerprint density at radius 3 is 2.38 bits per heavy atom. The van der Waals surface area contributed by atoms with Gasteiger partial charge in [-0.25, -0.2) is 0 Å². The van der Waals surface area contributed by atoms with Crippen molar-refractivity contribution < 1.29 is 24.2 Å². The van der Waals surface area contributed by atoms with E-state index < -0.39 is 11.9 Å². The van der Waals surface area contributed by atoms with Crippen molar-refractivity contribution >= 4 is 17.6 Å². The number of methoxy groups -OCH3 is 2. The summed E-state index contributed by atoms with van der Waals surface area (Å²) in [7, 11) is 3.16. The summed E-state index contributed by atoms with van der Waals surface area (Å²) in [6.07, 6.45) is 0.791. The molecule has 1 heterocycles. The predicted molar refractivity (Wildman–Crippen MR) is 97.0 cm³/mol. The first-order valence-electron chi connectivity index (χ1n) is 8.37. The highest BCUT2D eigenvalue weighted by Gasteiger charge is 2.35. The van der Waals surface area contributed by atoms with E-state index in [0.29, 0.717) is 29.2 Å². The van der Waals surface area contributed by atoms with Gasteiger partial charge in [-0.1, -0.05) is 18.2 Å². The average molecular weight is 355 g/mol. The number of aryl methyl sites for hydroxylation is 1. The molecule has 1 aliphatic heterocycles. The molecule has 0 aromatic heterocycles. The molecule has 0 saturated heterocycles. The third-order valence-corrected chi connectivity index (χ3v) is 4.61. The number of hydrogen-bond donors (Lipinski definition) is 1. The van der Waals surface area contributed by atoms with Crippen molar-refractivity contribution in [2.24, 2.45) is 0 Å². The molecule has 1 N–H and O–H groups in total. The Morgan fingerprint density at radius 1 is 1.12 bits per heavy atom. The summed E-state index contributed by atoms with van der Waals surface area (Å²) in [6.45, 7) is 0.176. The molecule has 1 amide bonds. The molecule has 1 aliphatic rings. The van der Waals surface area contributed by atoms with E-state index in [9.17, 15) is 14.7 Å². The lowest BCUT2D eigenvalue weighted by atomic mass is 10.0. The highest BCUT2D eigenvalue weighted by atomic mass is 16.5. The van der Waals surface area contributed by atoms with E-state index in [2.05, 4.69) is 0 Å². The number of carbonyl (C=O) groups is 2. The van der Waals surface area contributed by atoms with Gasteiger partial charge in [0.05, 0.1) is 14.2 Å². The second kappa shape index (κ2) is 7.47. The minimum atomic E-state index is -0.912. The Labute approximate surface area is 152 Å². The maximum atomic E-state index is 12.7. The smallest absolute Gasteiger partial charge is 0.312 e. The number of carboxylic acids is 1. The van der Waals surface area contributed by atoms with Gasteiger partial charge in [0.25, 0.3) is 0 Å². The van der Waals surface area contributed by atoms with Crippen LogP contribution in [0.25, 0.3) is 0 Å². The maximum absolute atomic E-state index is 12.7. The molecule has 0 radical (unpaired) electrons. The molecule has 0 bridgehead atoms. The van der Waals surface area contributed by atoms with Gasteiger partial charge in [0.2, 0.25) is 5.91 Å². The topological polar surface area (TPSA) is 76.1 Å². The standard InChI is InChI=1S/C20H21NO5/c1-25-14-9-13(10-15(11-14)26-2)7-8-19(22)21-12-17(20(23)24)16-5-3-4-6-18(16)21/h3-6,9-11,17H,7-8,12H2,1-2H3,(H,23,24). The molecule has 1 atom stereocenters. The van der Waals surface area contributed by atoms with Crippen molar-refractivity contribution in [2.75, 3.05) is 25.7 Å². The minimum Gasteiger partial charge on any atom is -0.497 e. The Kier molecular flexibility index (Phi) is 5.11. The SMILES string of the molecule is COc1cc(CCC(=O)N2CC(C(=O)O)c3ccccc32)cc(OC)c1. The van der Waals surface area contributed by atoms with E-state index in [1.165, 1.54) is 0 Å². The predicted octanol–water partition coefficient (Wildman–Crippen LogP) is 2.85. The quantitative estimate of drug-likeness (QED) is 0.862. The van der Waals surface area contributed by atoms with E-state index in [0.717, 1.165) is 5.56 Å². The van der Waals surface area contributed by atoms with Crippen LogP contribution in [0.2, 0.25) is 0 Å². The molecule has 2 aromatic rings. The van der Waals surface area contributed by atoms with Crippen LogP contribution in [0.5, 0.6) is 11.5 Å². The average Bonchev–Trinajstić information content (AvgIpc) is 3.06. The molecule has 1 unspecified atom stereocenters. The van der Waals surface area contributed by atoms with Gasteiger partial charge in [0, 0.05) is 24.7 Å². The number of fused-ring (bicyclic) bond motifs is 1. The summed E-state index contributed by atoms with van der Waals surface area (Å²) in [5.41, 5.74) is 2.31. The molecule has 6 nitrogen and oxygen atoms in total. The van der Waals surface area contributed by atoms with Crippen LogP contribution in [0.15, 0.2) is 42.5 Å². The van der Waals surface area contributed by atoms with Crippen LogP contribution in [0, 0.1) is 0 Å². The minimum absolute atomic E-state index is 0.0945. The molecular formula is C20H21NO5. The second-order valence-electron chi connectivity index (χ2n) is 6.17. The monoisotopic (exact) mass is 355 g/mol. The Bertz CT molecular complexity index is 810. The summed E-state index contributed by atoms with van der Waals surface area (Å²) in [4.78, 5) is 25.8. The molecule has 6 heteroatoms. The van der Waals surface area contributed by atoms with Crippen LogP contribution in [0.4, 0.5) is 5.69 Å². The summed E-state index contributed by atoms with van der Waals surface area (Å²) in [5.74, 6) is -0.339. The lowest BCUT2D eigenvalue weighted by Crippen LogP contribution is -2.31. The van der Waals surface area contributed by atoms with Gasteiger partial charge in [0.15, 0.2) is 0 Å². The number of ether oxygens (including phenoxy) is 2. The number of nitrogens with zero attached hydrogens (tertiary/aromatic N) is 1. The highest BCUT2D eigenvalue weighted by molar-refractivity contribution is 5.99. The maximum Gasteiger partial charge on any atom is 0.312 e. The van der Waals surface area contributed by atoms with E-state index in [1.807, 2.05) is 18.2 Å². The number of rotatable bonds is 6. The van der Waals surface area contributed by atoms with Gasteiger partial charge in [-0.2, -0.15) is 0 Å². The zero-order valence-corrected chi connectivity index (χ0v) is 14.8. The summed E-state index contributed by atoms with van der Waals surface area (Å²) in [6, 6.07) is 12.7. The number of anilines is 1. The third-order valence-electron chi connectivity index (χ3n) is 4.61. The third kappa shape index (κ3) is 3.49. The largest absolute Gasteiger partial charge is 0.497 e. The number of aliphatic carboxylic acids is 1. The van der Waals surface area contributed by atoms with Crippen LogP contribution in [-0.2, 0) is 16.0 Å². The van der Waals surface area contributed by atoms with Gasteiger partial charge < -0.3 is 19.5 Å². The van der Waals surface area contributed by atoms with Crippen molar-refractivity contribution in [3.8, 4) is 11.5 Å². The Hall–Kier alpha value is -3.02. The fourth-order valence-corrected chi connectivity index (χ4v) is 3.25. The van der Waals surface area contributed by atoms with Crippen LogP contribution < -0.4 is 14.4 Å². The van der Waals surface area contributed by atoms with Gasteiger partial charge in [-0.05, 0) is 35.7 Å². The zero-order valence-electron chi connectivity index (χ0n) is 14.8. The van der Waals surface area contributed by atoms with Crippen molar-refractivity contribution in [3.05, 3.63) is 53.6 Å². The van der Waals surface area contributed by atoms with Crippen LogP contribution in [-0.4, -0.2) is 37.7 Å². The normalized spacial score (nSPS) is 15.5. The lowest BCUT2D eigenvalue weighted by molar-refractivity contribution is -0.138. The van der Waals surface area contributed by atoms with Gasteiger partial charge in [0.1, 0.15) is 17.4 Å². The van der Waals surface area contributed by atoms with Gasteiger partial charge >= 0.3 is 5.97 Å². The van der Waals surface area contributed by atoms with Gasteiger partial charge in [-0.15, -0.1) is 0 Å². The molecular weight excluding hydrogens is 334 g/mol. The number of para-hydroxylation sites is 1. The first kappa shape index (κ1) is 17.8. The van der Waals surface area contributed by atoms with E-state index in [-0.39, 0.29) is 18.9 Å². The molecule has 136 valence electrons. The number of benzene rings is 2. The van der Waals surface area contributed by atoms with E-state index in [1.54, 1.807) is 43.4 Å². The number of carbonyl (C=O) groups excluding carboxylic acids is 1. The molecule has 0 saturated carbocycles. The van der Waals surface area contributed by atoms with Crippen molar-refractivity contribution in [1.82, 2.24) is 0 Å².